The van der Waals surface area contributed by atoms with Crippen LogP contribution in [0.3, 0.4) is 0 Å². The Balaban J connectivity index is 1.93. The fraction of sp³-hybridized carbons (Fsp3) is 0.250. The van der Waals surface area contributed by atoms with Crippen LogP contribution in [0.5, 0.6) is 17.4 Å². The number of hydrogen-bond acceptors (Lipinski definition) is 4. The van der Waals surface area contributed by atoms with Gasteiger partial charge in [0.05, 0.1) is 13.2 Å². The molecule has 1 heterocycles. The molecule has 0 atom stereocenters. The van der Waals surface area contributed by atoms with E-state index in [1.807, 2.05) is 62.4 Å². The minimum absolute atomic E-state index is 0.0584. The van der Waals surface area contributed by atoms with Crippen molar-refractivity contribution in [2.75, 3.05) is 7.11 Å². The molecular formula is C20H21NO3. The zero-order valence-corrected chi connectivity index (χ0v) is 14.2. The molecule has 4 nitrogen and oxygen atoms in total. The summed E-state index contributed by atoms with van der Waals surface area (Å²) in [5.74, 6) is 1.98. The highest BCUT2D eigenvalue weighted by Crippen LogP contribution is 2.36. The fourth-order valence-electron chi connectivity index (χ4n) is 2.48. The topological polar surface area (TPSA) is 40.6 Å². The van der Waals surface area contributed by atoms with E-state index >= 15 is 0 Å². The zero-order chi connectivity index (χ0) is 16.9. The predicted molar refractivity (Wildman–Crippen MR) is 94.8 cm³/mol. The van der Waals surface area contributed by atoms with E-state index in [1.54, 1.807) is 13.3 Å². The second-order valence-electron chi connectivity index (χ2n) is 5.78. The third-order valence-corrected chi connectivity index (χ3v) is 3.60. The Kier molecular flexibility index (Phi) is 4.85. The molecule has 3 rings (SSSR count). The largest absolute Gasteiger partial charge is 0.493 e. The van der Waals surface area contributed by atoms with Crippen molar-refractivity contribution in [1.82, 2.24) is 4.98 Å². The van der Waals surface area contributed by atoms with Gasteiger partial charge in [-0.1, -0.05) is 30.3 Å². The Labute approximate surface area is 142 Å². The molecule has 2 aromatic carbocycles. The predicted octanol–water partition coefficient (Wildman–Crippen LogP) is 4.61. The van der Waals surface area contributed by atoms with Crippen LogP contribution in [0, 0.1) is 0 Å². The van der Waals surface area contributed by atoms with Crippen molar-refractivity contribution in [1.29, 1.82) is 0 Å². The summed E-state index contributed by atoms with van der Waals surface area (Å²) in [6, 6.07) is 15.9. The van der Waals surface area contributed by atoms with Gasteiger partial charge in [-0.25, -0.2) is 4.98 Å². The molecule has 0 amide bonds. The van der Waals surface area contributed by atoms with Gasteiger partial charge in [-0.2, -0.15) is 0 Å². The van der Waals surface area contributed by atoms with Crippen LogP contribution in [-0.2, 0) is 6.61 Å². The lowest BCUT2D eigenvalue weighted by molar-refractivity contribution is 0.236. The Morgan fingerprint density at radius 1 is 1.00 bits per heavy atom. The molecule has 4 heteroatoms. The number of ether oxygens (including phenoxy) is 3. The summed E-state index contributed by atoms with van der Waals surface area (Å²) in [6.45, 7) is 4.45. The molecule has 0 unspecified atom stereocenters. The summed E-state index contributed by atoms with van der Waals surface area (Å²) in [7, 11) is 1.63. The molecule has 0 aliphatic carbocycles. The summed E-state index contributed by atoms with van der Waals surface area (Å²) in [6.07, 6.45) is 1.80. The van der Waals surface area contributed by atoms with Gasteiger partial charge >= 0.3 is 0 Å². The van der Waals surface area contributed by atoms with E-state index < -0.39 is 0 Å². The molecule has 0 N–H and O–H groups in total. The summed E-state index contributed by atoms with van der Waals surface area (Å²) < 4.78 is 17.2. The van der Waals surface area contributed by atoms with Gasteiger partial charge in [0.15, 0.2) is 11.5 Å². The van der Waals surface area contributed by atoms with E-state index in [-0.39, 0.29) is 6.10 Å². The van der Waals surface area contributed by atoms with Gasteiger partial charge in [0.2, 0.25) is 5.88 Å². The van der Waals surface area contributed by atoms with Crippen molar-refractivity contribution in [3.05, 3.63) is 60.3 Å². The minimum Gasteiger partial charge on any atom is -0.493 e. The van der Waals surface area contributed by atoms with E-state index in [2.05, 4.69) is 4.98 Å². The number of rotatable bonds is 6. The molecule has 0 bridgehead atoms. The van der Waals surface area contributed by atoms with E-state index in [1.165, 1.54) is 0 Å². The highest BCUT2D eigenvalue weighted by atomic mass is 16.5. The van der Waals surface area contributed by atoms with Crippen LogP contribution in [0.15, 0.2) is 54.7 Å². The molecule has 3 aromatic rings. The molecule has 0 fully saturated rings. The Hall–Kier alpha value is -2.75. The number of nitrogens with zero attached hydrogens (tertiary/aromatic N) is 1. The normalized spacial score (nSPS) is 10.8. The number of fused-ring (bicyclic) bond motifs is 1. The molecule has 1 aromatic heterocycles. The molecule has 124 valence electrons. The number of aromatic nitrogens is 1. The maximum atomic E-state index is 5.96. The van der Waals surface area contributed by atoms with Crippen molar-refractivity contribution < 1.29 is 14.2 Å². The average Bonchev–Trinajstić information content (AvgIpc) is 2.60. The van der Waals surface area contributed by atoms with Gasteiger partial charge in [-0.3, -0.25) is 0 Å². The third-order valence-electron chi connectivity index (χ3n) is 3.60. The maximum Gasteiger partial charge on any atom is 0.221 e. The van der Waals surface area contributed by atoms with Gasteiger partial charge in [0, 0.05) is 11.6 Å². The lowest BCUT2D eigenvalue weighted by Gasteiger charge is -2.15. The van der Waals surface area contributed by atoms with Crippen LogP contribution in [0.4, 0.5) is 0 Å². The standard InChI is InChI=1S/C20H21NO3/c1-14(2)24-20-17-12-18(22-3)19(11-16(17)9-10-21-20)23-13-15-7-5-4-6-8-15/h4-12,14H,13H2,1-3H3. The fourth-order valence-corrected chi connectivity index (χ4v) is 2.48. The second kappa shape index (κ2) is 7.21. The molecule has 0 aliphatic rings. The van der Waals surface area contributed by atoms with E-state index in [9.17, 15) is 0 Å². The molecule has 0 saturated heterocycles. The summed E-state index contributed by atoms with van der Waals surface area (Å²) in [5.41, 5.74) is 1.11. The van der Waals surface area contributed by atoms with Crippen molar-refractivity contribution in [3.8, 4) is 17.4 Å². The lowest BCUT2D eigenvalue weighted by Crippen LogP contribution is -2.07. The number of methoxy groups -OCH3 is 1. The minimum atomic E-state index is 0.0584. The van der Waals surface area contributed by atoms with Gasteiger partial charge in [-0.15, -0.1) is 0 Å². The molecule has 0 saturated carbocycles. The monoisotopic (exact) mass is 323 g/mol. The van der Waals surface area contributed by atoms with Crippen molar-refractivity contribution in [3.63, 3.8) is 0 Å². The molecule has 24 heavy (non-hydrogen) atoms. The number of pyridine rings is 1. The quantitative estimate of drug-likeness (QED) is 0.664. The molecule has 0 radical (unpaired) electrons. The smallest absolute Gasteiger partial charge is 0.221 e. The lowest BCUT2D eigenvalue weighted by atomic mass is 10.1. The molecular weight excluding hydrogens is 302 g/mol. The average molecular weight is 323 g/mol. The van der Waals surface area contributed by atoms with Crippen LogP contribution in [0.25, 0.3) is 10.8 Å². The van der Waals surface area contributed by atoms with Gasteiger partial charge in [0.1, 0.15) is 6.61 Å². The highest BCUT2D eigenvalue weighted by molar-refractivity contribution is 5.89. The molecule has 0 aliphatic heterocycles. The van der Waals surface area contributed by atoms with Crippen LogP contribution in [0.1, 0.15) is 19.4 Å². The number of hydrogen-bond donors (Lipinski definition) is 0. The van der Waals surface area contributed by atoms with E-state index in [0.717, 1.165) is 16.3 Å². The van der Waals surface area contributed by atoms with Crippen LogP contribution >= 0.6 is 0 Å². The van der Waals surface area contributed by atoms with Crippen molar-refractivity contribution in [2.24, 2.45) is 0 Å². The summed E-state index contributed by atoms with van der Waals surface area (Å²) in [5, 5.41) is 1.92. The van der Waals surface area contributed by atoms with Crippen LogP contribution < -0.4 is 14.2 Å². The Morgan fingerprint density at radius 2 is 1.79 bits per heavy atom. The zero-order valence-electron chi connectivity index (χ0n) is 14.2. The highest BCUT2D eigenvalue weighted by Gasteiger charge is 2.12. The van der Waals surface area contributed by atoms with Crippen LogP contribution in [0.2, 0.25) is 0 Å². The summed E-state index contributed by atoms with van der Waals surface area (Å²) in [4.78, 5) is 4.33. The first-order valence-corrected chi connectivity index (χ1v) is 7.97. The van der Waals surface area contributed by atoms with E-state index in [0.29, 0.717) is 24.0 Å². The first-order valence-electron chi connectivity index (χ1n) is 7.97. The van der Waals surface area contributed by atoms with Crippen LogP contribution in [-0.4, -0.2) is 18.2 Å². The third kappa shape index (κ3) is 3.59. The first kappa shape index (κ1) is 16.1. The number of benzene rings is 2. The van der Waals surface area contributed by atoms with Gasteiger partial charge < -0.3 is 14.2 Å². The van der Waals surface area contributed by atoms with Gasteiger partial charge in [0.25, 0.3) is 0 Å². The van der Waals surface area contributed by atoms with Crippen molar-refractivity contribution >= 4 is 10.8 Å². The Bertz CT molecular complexity index is 816. The first-order chi connectivity index (χ1) is 11.7. The maximum absolute atomic E-state index is 5.96. The second-order valence-corrected chi connectivity index (χ2v) is 5.78. The van der Waals surface area contributed by atoms with E-state index in [4.69, 9.17) is 14.2 Å². The Morgan fingerprint density at radius 3 is 2.50 bits per heavy atom. The SMILES string of the molecule is COc1cc2c(OC(C)C)nccc2cc1OCc1ccccc1. The van der Waals surface area contributed by atoms with Crippen molar-refractivity contribution in [2.45, 2.75) is 26.6 Å². The summed E-state index contributed by atoms with van der Waals surface area (Å²) >= 11 is 0. The van der Waals surface area contributed by atoms with Gasteiger partial charge in [-0.05, 0) is 43.0 Å². The molecule has 0 spiro atoms.